The van der Waals surface area contributed by atoms with Crippen molar-refractivity contribution >= 4 is 17.7 Å². The Bertz CT molecular complexity index is 662. The lowest BCUT2D eigenvalue weighted by molar-refractivity contribution is 0.827. The fraction of sp³-hybridized carbons (Fsp3) is 0.100. The van der Waals surface area contributed by atoms with Crippen LogP contribution in [-0.4, -0.2) is 0 Å². The molecule has 0 aromatic heterocycles. The Labute approximate surface area is 138 Å². The second-order valence-corrected chi connectivity index (χ2v) is 5.32. The predicted molar refractivity (Wildman–Crippen MR) is 99.8 cm³/mol. The molecule has 0 bridgehead atoms. The zero-order chi connectivity index (χ0) is 16.7. The summed E-state index contributed by atoms with van der Waals surface area (Å²) in [5, 5.41) is 3.98. The number of halogens is 1. The van der Waals surface area contributed by atoms with Gasteiger partial charge in [0, 0.05) is 22.8 Å². The molecular weight excluding hydrogens is 290 g/mol. The van der Waals surface area contributed by atoms with Gasteiger partial charge in [0.2, 0.25) is 0 Å². The van der Waals surface area contributed by atoms with Gasteiger partial charge in [-0.15, -0.1) is 0 Å². The first-order chi connectivity index (χ1) is 10.4. The smallest absolute Gasteiger partial charge is 0.0481 e. The van der Waals surface area contributed by atoms with Crippen molar-refractivity contribution in [2.45, 2.75) is 13.5 Å². The van der Waals surface area contributed by atoms with Crippen LogP contribution in [0.3, 0.4) is 0 Å². The molecule has 0 amide bonds. The third-order valence-corrected chi connectivity index (χ3v) is 3.60. The number of benzene rings is 1. The first kappa shape index (κ1) is 17.8. The molecule has 114 valence electrons. The minimum absolute atomic E-state index is 0.619. The van der Waals surface area contributed by atoms with Crippen LogP contribution < -0.4 is 5.32 Å². The summed E-state index contributed by atoms with van der Waals surface area (Å²) >= 11 is 6.18. The van der Waals surface area contributed by atoms with E-state index in [0.29, 0.717) is 11.6 Å². The van der Waals surface area contributed by atoms with Crippen molar-refractivity contribution in [3.05, 3.63) is 102 Å². The van der Waals surface area contributed by atoms with Gasteiger partial charge in [0.05, 0.1) is 0 Å². The van der Waals surface area contributed by atoms with Crippen molar-refractivity contribution in [1.82, 2.24) is 5.32 Å². The molecule has 1 aromatic carbocycles. The molecule has 0 atom stereocenters. The van der Waals surface area contributed by atoms with Gasteiger partial charge in [-0.25, -0.2) is 0 Å². The molecule has 22 heavy (non-hydrogen) atoms. The number of hydrogen-bond acceptors (Lipinski definition) is 1. The van der Waals surface area contributed by atoms with Crippen LogP contribution >= 0.6 is 11.6 Å². The van der Waals surface area contributed by atoms with Gasteiger partial charge in [0.15, 0.2) is 0 Å². The molecule has 0 saturated heterocycles. The summed E-state index contributed by atoms with van der Waals surface area (Å²) in [6.45, 7) is 22.0. The molecule has 0 heterocycles. The molecule has 1 rings (SSSR count). The molecule has 2 heteroatoms. The van der Waals surface area contributed by atoms with Crippen LogP contribution in [0.2, 0.25) is 5.02 Å². The second kappa shape index (κ2) is 8.26. The Balaban J connectivity index is 2.91. The maximum Gasteiger partial charge on any atom is 0.0481 e. The summed E-state index contributed by atoms with van der Waals surface area (Å²) in [6.07, 6.45) is 5.26. The summed E-state index contributed by atoms with van der Waals surface area (Å²) in [6, 6.07) is 5.87. The predicted octanol–water partition coefficient (Wildman–Crippen LogP) is 5.83. The summed E-state index contributed by atoms with van der Waals surface area (Å²) in [4.78, 5) is 0. The number of allylic oxidation sites excluding steroid dienone is 4. The van der Waals surface area contributed by atoms with E-state index in [1.807, 2.05) is 25.1 Å². The fourth-order valence-electron chi connectivity index (χ4n) is 2.06. The average Bonchev–Trinajstić information content (AvgIpc) is 2.49. The van der Waals surface area contributed by atoms with Crippen molar-refractivity contribution in [3.63, 3.8) is 0 Å². The van der Waals surface area contributed by atoms with Crippen LogP contribution in [-0.2, 0) is 6.54 Å². The zero-order valence-corrected chi connectivity index (χ0v) is 13.8. The number of hydrogen-bond donors (Lipinski definition) is 1. The Morgan fingerprint density at radius 2 is 1.77 bits per heavy atom. The van der Waals surface area contributed by atoms with Gasteiger partial charge in [-0.3, -0.25) is 0 Å². The van der Waals surface area contributed by atoms with Crippen LogP contribution in [0, 0.1) is 0 Å². The first-order valence-corrected chi connectivity index (χ1v) is 7.31. The molecule has 1 nitrogen and oxygen atoms in total. The summed E-state index contributed by atoms with van der Waals surface area (Å²) in [5.41, 5.74) is 5.52. The largest absolute Gasteiger partial charge is 0.381 e. The SMILES string of the molecule is C=C/C(C(=C)C)=C(\C=C)C(=C)NCc1ccc(C=C)c(Cl)c1. The minimum Gasteiger partial charge on any atom is -0.381 e. The lowest BCUT2D eigenvalue weighted by atomic mass is 10.00. The third-order valence-electron chi connectivity index (χ3n) is 3.27. The molecule has 0 spiro atoms. The maximum absolute atomic E-state index is 6.18. The highest BCUT2D eigenvalue weighted by molar-refractivity contribution is 6.32. The van der Waals surface area contributed by atoms with E-state index in [1.54, 1.807) is 18.2 Å². The molecule has 0 unspecified atom stereocenters. The third kappa shape index (κ3) is 4.37. The Kier molecular flexibility index (Phi) is 6.68. The fourth-order valence-corrected chi connectivity index (χ4v) is 2.34. The summed E-state index contributed by atoms with van der Waals surface area (Å²) < 4.78 is 0. The van der Waals surface area contributed by atoms with Crippen LogP contribution in [0.5, 0.6) is 0 Å². The zero-order valence-electron chi connectivity index (χ0n) is 13.1. The maximum atomic E-state index is 6.18. The molecule has 0 saturated carbocycles. The molecule has 1 N–H and O–H groups in total. The average molecular weight is 312 g/mol. The van der Waals surface area contributed by atoms with E-state index >= 15 is 0 Å². The Morgan fingerprint density at radius 3 is 2.23 bits per heavy atom. The number of nitrogens with one attached hydrogen (secondary N) is 1. The van der Waals surface area contributed by atoms with Gasteiger partial charge < -0.3 is 5.32 Å². The molecule has 0 fully saturated rings. The van der Waals surface area contributed by atoms with E-state index in [1.165, 1.54) is 0 Å². The van der Waals surface area contributed by atoms with Crippen molar-refractivity contribution in [2.24, 2.45) is 0 Å². The van der Waals surface area contributed by atoms with Gasteiger partial charge in [-0.05, 0) is 29.7 Å². The van der Waals surface area contributed by atoms with E-state index < -0.39 is 0 Å². The molecule has 1 aromatic rings. The van der Waals surface area contributed by atoms with Gasteiger partial charge >= 0.3 is 0 Å². The lowest BCUT2D eigenvalue weighted by Gasteiger charge is -2.15. The first-order valence-electron chi connectivity index (χ1n) is 6.93. The van der Waals surface area contributed by atoms with Gasteiger partial charge in [0.25, 0.3) is 0 Å². The van der Waals surface area contributed by atoms with Crippen molar-refractivity contribution in [2.75, 3.05) is 0 Å². The Hall–Kier alpha value is -2.25. The monoisotopic (exact) mass is 311 g/mol. The molecular formula is C20H22ClN. The Morgan fingerprint density at radius 1 is 1.14 bits per heavy atom. The van der Waals surface area contributed by atoms with Crippen molar-refractivity contribution in [3.8, 4) is 0 Å². The van der Waals surface area contributed by atoms with Gasteiger partial charge in [-0.2, -0.15) is 0 Å². The minimum atomic E-state index is 0.619. The summed E-state index contributed by atoms with van der Waals surface area (Å²) in [5.74, 6) is 0. The molecule has 0 aliphatic carbocycles. The van der Waals surface area contributed by atoms with E-state index in [4.69, 9.17) is 11.6 Å². The van der Waals surface area contributed by atoms with Crippen LogP contribution in [0.25, 0.3) is 6.08 Å². The highest BCUT2D eigenvalue weighted by atomic mass is 35.5. The highest BCUT2D eigenvalue weighted by Crippen LogP contribution is 2.21. The van der Waals surface area contributed by atoms with E-state index in [2.05, 4.69) is 38.2 Å². The lowest BCUT2D eigenvalue weighted by Crippen LogP contribution is -2.14. The van der Waals surface area contributed by atoms with Crippen molar-refractivity contribution in [1.29, 1.82) is 0 Å². The van der Waals surface area contributed by atoms with E-state index in [0.717, 1.165) is 33.5 Å². The normalized spacial score (nSPS) is 11.2. The quantitative estimate of drug-likeness (QED) is 0.595. The van der Waals surface area contributed by atoms with Crippen molar-refractivity contribution < 1.29 is 0 Å². The topological polar surface area (TPSA) is 12.0 Å². The van der Waals surface area contributed by atoms with Crippen LogP contribution in [0.1, 0.15) is 18.1 Å². The van der Waals surface area contributed by atoms with Gasteiger partial charge in [0.1, 0.15) is 0 Å². The molecule has 0 radical (unpaired) electrons. The van der Waals surface area contributed by atoms with E-state index in [-0.39, 0.29) is 0 Å². The molecule has 0 aliphatic heterocycles. The number of rotatable bonds is 8. The second-order valence-electron chi connectivity index (χ2n) is 4.91. The van der Waals surface area contributed by atoms with Crippen LogP contribution in [0.15, 0.2) is 85.7 Å². The van der Waals surface area contributed by atoms with Gasteiger partial charge in [-0.1, -0.05) is 80.4 Å². The standard InChI is InChI=1S/C20H22ClN/c1-7-17-11-10-16(12-20(17)21)13-22-15(6)19(9-3)18(8-2)14(4)5/h7-12,22H,1-4,6,13H2,5H3/b19-18-. The van der Waals surface area contributed by atoms with E-state index in [9.17, 15) is 0 Å². The summed E-state index contributed by atoms with van der Waals surface area (Å²) in [7, 11) is 0. The highest BCUT2D eigenvalue weighted by Gasteiger charge is 2.06. The molecule has 0 aliphatic rings. The van der Waals surface area contributed by atoms with Crippen LogP contribution in [0.4, 0.5) is 0 Å².